The van der Waals surface area contributed by atoms with Gasteiger partial charge in [-0.25, -0.2) is 0 Å². The maximum atomic E-state index is 5.35. The van der Waals surface area contributed by atoms with Crippen molar-refractivity contribution in [1.82, 2.24) is 10.6 Å². The quantitative estimate of drug-likeness (QED) is 0.319. The van der Waals surface area contributed by atoms with Crippen molar-refractivity contribution in [2.45, 2.75) is 40.2 Å². The Hall–Kier alpha value is -0.980. The van der Waals surface area contributed by atoms with Gasteiger partial charge in [-0.15, -0.1) is 24.0 Å². The summed E-state index contributed by atoms with van der Waals surface area (Å²) in [6.07, 6.45) is 2.34. The molecule has 22 heavy (non-hydrogen) atoms. The van der Waals surface area contributed by atoms with Crippen LogP contribution in [-0.4, -0.2) is 26.7 Å². The molecule has 0 heterocycles. The monoisotopic (exact) mass is 419 g/mol. The fourth-order valence-corrected chi connectivity index (χ4v) is 2.07. The van der Waals surface area contributed by atoms with E-state index in [1.54, 1.807) is 14.2 Å². The van der Waals surface area contributed by atoms with Gasteiger partial charge in [0, 0.05) is 25.7 Å². The summed E-state index contributed by atoms with van der Waals surface area (Å²) in [4.78, 5) is 4.25. The number of benzene rings is 1. The molecule has 1 aromatic carbocycles. The number of ether oxygens (including phenoxy) is 1. The third-order valence-corrected chi connectivity index (χ3v) is 3.26. The molecule has 5 heteroatoms. The van der Waals surface area contributed by atoms with E-state index < -0.39 is 0 Å². The molecule has 4 nitrogen and oxygen atoms in total. The van der Waals surface area contributed by atoms with Gasteiger partial charge in [-0.1, -0.05) is 39.0 Å². The summed E-state index contributed by atoms with van der Waals surface area (Å²) in [6, 6.07) is 8.01. The molecule has 0 saturated heterocycles. The normalized spacial score (nSPS) is 11.6. The van der Waals surface area contributed by atoms with E-state index in [1.165, 1.54) is 6.42 Å². The van der Waals surface area contributed by atoms with Gasteiger partial charge in [0.05, 0.1) is 7.11 Å². The highest BCUT2D eigenvalue weighted by Gasteiger charge is 2.09. The highest BCUT2D eigenvalue weighted by Crippen LogP contribution is 2.19. The predicted molar refractivity (Wildman–Crippen MR) is 105 cm³/mol. The van der Waals surface area contributed by atoms with Crippen LogP contribution in [0.15, 0.2) is 29.3 Å². The molecule has 2 N–H and O–H groups in total. The minimum Gasteiger partial charge on any atom is -0.496 e. The van der Waals surface area contributed by atoms with Crippen LogP contribution in [0.25, 0.3) is 0 Å². The van der Waals surface area contributed by atoms with Gasteiger partial charge in [0.25, 0.3) is 0 Å². The fourth-order valence-electron chi connectivity index (χ4n) is 2.07. The number of nitrogens with one attached hydrogen (secondary N) is 2. The Labute approximate surface area is 152 Å². The number of aliphatic imine (C=N–C) groups is 1. The first-order valence-electron chi connectivity index (χ1n) is 7.52. The molecule has 0 aliphatic rings. The molecule has 0 amide bonds. The van der Waals surface area contributed by atoms with Gasteiger partial charge < -0.3 is 15.4 Å². The van der Waals surface area contributed by atoms with E-state index in [0.29, 0.717) is 12.0 Å². The van der Waals surface area contributed by atoms with Gasteiger partial charge >= 0.3 is 0 Å². The van der Waals surface area contributed by atoms with Crippen molar-refractivity contribution in [2.75, 3.05) is 20.7 Å². The molecule has 0 unspecified atom stereocenters. The zero-order valence-electron chi connectivity index (χ0n) is 14.4. The molecular weight excluding hydrogens is 389 g/mol. The first kappa shape index (κ1) is 21.0. The Balaban J connectivity index is 0.00000441. The van der Waals surface area contributed by atoms with E-state index in [-0.39, 0.29) is 24.0 Å². The third-order valence-electron chi connectivity index (χ3n) is 3.26. The number of rotatable bonds is 6. The number of hydrogen-bond acceptors (Lipinski definition) is 2. The minimum absolute atomic E-state index is 0. The van der Waals surface area contributed by atoms with Crippen molar-refractivity contribution in [3.05, 3.63) is 29.8 Å². The summed E-state index contributed by atoms with van der Waals surface area (Å²) in [5.41, 5.74) is 1.51. The molecule has 0 fully saturated rings. The predicted octanol–water partition coefficient (Wildman–Crippen LogP) is 3.80. The summed E-state index contributed by atoms with van der Waals surface area (Å²) < 4.78 is 5.35. The first-order chi connectivity index (χ1) is 9.96. The average Bonchev–Trinajstić information content (AvgIpc) is 2.45. The smallest absolute Gasteiger partial charge is 0.191 e. The third kappa shape index (κ3) is 8.46. The van der Waals surface area contributed by atoms with Crippen molar-refractivity contribution >= 4 is 29.9 Å². The van der Waals surface area contributed by atoms with Gasteiger partial charge in [-0.2, -0.15) is 0 Å². The van der Waals surface area contributed by atoms with Crippen molar-refractivity contribution < 1.29 is 4.74 Å². The molecular formula is C17H30IN3O. The number of hydrogen-bond donors (Lipinski definition) is 2. The summed E-state index contributed by atoms with van der Waals surface area (Å²) >= 11 is 0. The Morgan fingerprint density at radius 2 is 1.86 bits per heavy atom. The largest absolute Gasteiger partial charge is 0.496 e. The fraction of sp³-hybridized carbons (Fsp3) is 0.588. The van der Waals surface area contributed by atoms with E-state index in [2.05, 4.69) is 42.5 Å². The van der Waals surface area contributed by atoms with Gasteiger partial charge in [-0.3, -0.25) is 4.99 Å². The molecule has 0 aromatic heterocycles. The highest BCUT2D eigenvalue weighted by atomic mass is 127. The van der Waals surface area contributed by atoms with Crippen LogP contribution in [-0.2, 0) is 6.54 Å². The van der Waals surface area contributed by atoms with Crippen LogP contribution in [0.1, 0.15) is 39.2 Å². The molecule has 0 radical (unpaired) electrons. The maximum Gasteiger partial charge on any atom is 0.191 e. The second kappa shape index (κ2) is 10.7. The Morgan fingerprint density at radius 3 is 2.45 bits per heavy atom. The SMILES string of the molecule is CN=C(NCCCC(C)(C)C)NCc1ccccc1OC.I. The van der Waals surface area contributed by atoms with Crippen molar-refractivity contribution in [1.29, 1.82) is 0 Å². The number of halogens is 1. The zero-order chi connectivity index (χ0) is 15.7. The van der Waals surface area contributed by atoms with Crippen molar-refractivity contribution in [3.63, 3.8) is 0 Å². The summed E-state index contributed by atoms with van der Waals surface area (Å²) in [6.45, 7) is 8.43. The van der Waals surface area contributed by atoms with Crippen LogP contribution in [0.4, 0.5) is 0 Å². The minimum atomic E-state index is 0. The zero-order valence-corrected chi connectivity index (χ0v) is 16.7. The van der Waals surface area contributed by atoms with Gasteiger partial charge in [0.1, 0.15) is 5.75 Å². The van der Waals surface area contributed by atoms with Crippen molar-refractivity contribution in [3.8, 4) is 5.75 Å². The second-order valence-corrected chi connectivity index (χ2v) is 6.33. The number of methoxy groups -OCH3 is 1. The summed E-state index contributed by atoms with van der Waals surface area (Å²) in [5.74, 6) is 1.73. The highest BCUT2D eigenvalue weighted by molar-refractivity contribution is 14.0. The summed E-state index contributed by atoms with van der Waals surface area (Å²) in [5, 5.41) is 6.66. The molecule has 0 aliphatic carbocycles. The molecule has 1 aromatic rings. The van der Waals surface area contributed by atoms with Crippen LogP contribution in [0.5, 0.6) is 5.75 Å². The Morgan fingerprint density at radius 1 is 1.18 bits per heavy atom. The molecule has 0 aliphatic heterocycles. The molecule has 126 valence electrons. The van der Waals surface area contributed by atoms with Crippen LogP contribution < -0.4 is 15.4 Å². The molecule has 0 saturated carbocycles. The Bertz CT molecular complexity index is 455. The van der Waals surface area contributed by atoms with E-state index >= 15 is 0 Å². The molecule has 0 spiro atoms. The number of guanidine groups is 1. The molecule has 1 rings (SSSR count). The lowest BCUT2D eigenvalue weighted by Gasteiger charge is -2.18. The van der Waals surface area contributed by atoms with Crippen molar-refractivity contribution in [2.24, 2.45) is 10.4 Å². The first-order valence-corrected chi connectivity index (χ1v) is 7.52. The number of nitrogens with zero attached hydrogens (tertiary/aromatic N) is 1. The number of para-hydroxylation sites is 1. The second-order valence-electron chi connectivity index (χ2n) is 6.33. The lowest BCUT2D eigenvalue weighted by molar-refractivity contribution is 0.365. The van der Waals surface area contributed by atoms with E-state index in [4.69, 9.17) is 4.74 Å². The van der Waals surface area contributed by atoms with E-state index in [1.807, 2.05) is 18.2 Å². The lowest BCUT2D eigenvalue weighted by Crippen LogP contribution is -2.37. The van der Waals surface area contributed by atoms with Crippen LogP contribution >= 0.6 is 24.0 Å². The van der Waals surface area contributed by atoms with Gasteiger partial charge in [0.15, 0.2) is 5.96 Å². The molecule has 0 bridgehead atoms. The average molecular weight is 419 g/mol. The molecule has 0 atom stereocenters. The van der Waals surface area contributed by atoms with Gasteiger partial charge in [-0.05, 0) is 24.3 Å². The summed E-state index contributed by atoms with van der Waals surface area (Å²) in [7, 11) is 3.49. The standard InChI is InChI=1S/C17H29N3O.HI/c1-17(2,3)11-8-12-19-16(18-4)20-13-14-9-6-7-10-15(14)21-5;/h6-7,9-10H,8,11-13H2,1-5H3,(H2,18,19,20);1H. The van der Waals surface area contributed by atoms with E-state index in [0.717, 1.165) is 30.2 Å². The lowest BCUT2D eigenvalue weighted by atomic mass is 9.91. The van der Waals surface area contributed by atoms with Crippen LogP contribution in [0, 0.1) is 5.41 Å². The van der Waals surface area contributed by atoms with E-state index in [9.17, 15) is 0 Å². The maximum absolute atomic E-state index is 5.35. The van der Waals surface area contributed by atoms with Crippen LogP contribution in [0.3, 0.4) is 0 Å². The topological polar surface area (TPSA) is 45.7 Å². The van der Waals surface area contributed by atoms with Gasteiger partial charge in [0.2, 0.25) is 0 Å². The van der Waals surface area contributed by atoms with Crippen LogP contribution in [0.2, 0.25) is 0 Å². The Kier molecular flexibility index (Phi) is 10.2.